The zero-order valence-electron chi connectivity index (χ0n) is 13.7. The van der Waals surface area contributed by atoms with Crippen LogP contribution in [0.3, 0.4) is 0 Å². The molecule has 5 nitrogen and oxygen atoms in total. The molecule has 2 aliphatic rings. The van der Waals surface area contributed by atoms with Crippen LogP contribution in [0.5, 0.6) is 5.75 Å². The number of aromatic hydroxyl groups is 1. The molecule has 3 aromatic rings. The maximum atomic E-state index is 12.9. The quantitative estimate of drug-likeness (QED) is 0.582. The maximum Gasteiger partial charge on any atom is 0.255 e. The summed E-state index contributed by atoms with van der Waals surface area (Å²) < 4.78 is 1.72. The van der Waals surface area contributed by atoms with Crippen LogP contribution in [0, 0.1) is 0 Å². The fourth-order valence-corrected chi connectivity index (χ4v) is 4.19. The van der Waals surface area contributed by atoms with E-state index in [1.165, 1.54) is 0 Å². The molecular weight excluding hydrogens is 316 g/mol. The van der Waals surface area contributed by atoms with Gasteiger partial charge in [0.1, 0.15) is 11.5 Å². The summed E-state index contributed by atoms with van der Waals surface area (Å²) in [7, 11) is 0. The van der Waals surface area contributed by atoms with Crippen molar-refractivity contribution < 1.29 is 9.90 Å². The van der Waals surface area contributed by atoms with Crippen LogP contribution in [0.25, 0.3) is 22.3 Å². The first-order valence-electron chi connectivity index (χ1n) is 8.49. The summed E-state index contributed by atoms with van der Waals surface area (Å²) in [5.41, 5.74) is 4.80. The number of aromatic nitrogens is 2. The Morgan fingerprint density at radius 2 is 2.08 bits per heavy atom. The van der Waals surface area contributed by atoms with E-state index in [-0.39, 0.29) is 29.4 Å². The number of fused-ring (bicyclic) bond motifs is 5. The van der Waals surface area contributed by atoms with Crippen molar-refractivity contribution in [2.24, 2.45) is 0 Å². The minimum Gasteiger partial charge on any atom is -0.508 e. The van der Waals surface area contributed by atoms with Crippen LogP contribution < -0.4 is 5.56 Å². The van der Waals surface area contributed by atoms with Crippen molar-refractivity contribution in [3.05, 3.63) is 57.4 Å². The van der Waals surface area contributed by atoms with E-state index in [1.54, 1.807) is 22.8 Å². The lowest BCUT2D eigenvalue weighted by Gasteiger charge is -2.10. The molecule has 1 N–H and O–H groups in total. The largest absolute Gasteiger partial charge is 0.508 e. The standard InChI is InChI=1S/C20H16N2O3/c1-2-13-14-7-17-19-11(5-10-6-12(23)3-4-16(10)21-19)9-22(17)20(25)15(14)8-18(13)24/h3-7,13,23H,2,8-9H2,1H3. The molecule has 3 heterocycles. The Balaban J connectivity index is 1.78. The topological polar surface area (TPSA) is 72.2 Å². The Morgan fingerprint density at radius 3 is 2.88 bits per heavy atom. The van der Waals surface area contributed by atoms with Crippen LogP contribution >= 0.6 is 0 Å². The van der Waals surface area contributed by atoms with E-state index >= 15 is 0 Å². The minimum absolute atomic E-state index is 0.0679. The second-order valence-electron chi connectivity index (χ2n) is 6.83. The summed E-state index contributed by atoms with van der Waals surface area (Å²) in [5, 5.41) is 10.5. The first kappa shape index (κ1) is 14.4. The normalized spacial score (nSPS) is 17.6. The van der Waals surface area contributed by atoms with Gasteiger partial charge in [0.15, 0.2) is 0 Å². The minimum atomic E-state index is -0.171. The molecule has 25 heavy (non-hydrogen) atoms. The van der Waals surface area contributed by atoms with Gasteiger partial charge in [-0.15, -0.1) is 0 Å². The van der Waals surface area contributed by atoms with Crippen molar-refractivity contribution in [2.75, 3.05) is 0 Å². The van der Waals surface area contributed by atoms with Crippen molar-refractivity contribution in [1.82, 2.24) is 9.55 Å². The molecule has 1 aliphatic carbocycles. The van der Waals surface area contributed by atoms with Crippen LogP contribution in [0.15, 0.2) is 35.1 Å². The number of phenols is 1. The Bertz CT molecular complexity index is 1140. The molecule has 5 rings (SSSR count). The molecule has 0 spiro atoms. The number of nitrogens with zero attached hydrogens (tertiary/aromatic N) is 2. The van der Waals surface area contributed by atoms with Crippen LogP contribution in [0.1, 0.15) is 36.0 Å². The van der Waals surface area contributed by atoms with E-state index in [9.17, 15) is 14.7 Å². The van der Waals surface area contributed by atoms with Gasteiger partial charge in [-0.05, 0) is 42.3 Å². The lowest BCUT2D eigenvalue weighted by atomic mass is 9.97. The molecule has 1 aliphatic heterocycles. The predicted octanol–water partition coefficient (Wildman–Crippen LogP) is 2.75. The van der Waals surface area contributed by atoms with Crippen LogP contribution in [-0.2, 0) is 17.8 Å². The number of carbonyl (C=O) groups excluding carboxylic acids is 1. The average Bonchev–Trinajstić information content (AvgIpc) is 3.10. The van der Waals surface area contributed by atoms with Crippen LogP contribution in [0.4, 0.5) is 0 Å². The smallest absolute Gasteiger partial charge is 0.255 e. The number of hydrogen-bond donors (Lipinski definition) is 1. The second kappa shape index (κ2) is 4.79. The highest BCUT2D eigenvalue weighted by Crippen LogP contribution is 2.38. The van der Waals surface area contributed by atoms with E-state index in [0.717, 1.165) is 33.4 Å². The summed E-state index contributed by atoms with van der Waals surface area (Å²) in [6.45, 7) is 2.44. The van der Waals surface area contributed by atoms with Crippen molar-refractivity contribution >= 4 is 16.7 Å². The number of carbonyl (C=O) groups is 1. The Morgan fingerprint density at radius 1 is 1.24 bits per heavy atom. The molecule has 0 bridgehead atoms. The van der Waals surface area contributed by atoms with Gasteiger partial charge in [-0.2, -0.15) is 0 Å². The van der Waals surface area contributed by atoms with Gasteiger partial charge in [0.05, 0.1) is 23.4 Å². The molecule has 0 radical (unpaired) electrons. The van der Waals surface area contributed by atoms with Gasteiger partial charge in [-0.1, -0.05) is 6.92 Å². The third-order valence-electron chi connectivity index (χ3n) is 5.41. The molecule has 1 aromatic carbocycles. The number of phenolic OH excluding ortho intramolecular Hbond substituents is 1. The van der Waals surface area contributed by atoms with E-state index in [4.69, 9.17) is 4.98 Å². The van der Waals surface area contributed by atoms with E-state index in [0.29, 0.717) is 18.5 Å². The Labute approximate surface area is 143 Å². The lowest BCUT2D eigenvalue weighted by molar-refractivity contribution is -0.119. The molecule has 124 valence electrons. The van der Waals surface area contributed by atoms with Crippen LogP contribution in [-0.4, -0.2) is 20.4 Å². The van der Waals surface area contributed by atoms with Gasteiger partial charge in [-0.25, -0.2) is 4.98 Å². The molecule has 0 amide bonds. The van der Waals surface area contributed by atoms with E-state index in [2.05, 4.69) is 0 Å². The molecule has 1 unspecified atom stereocenters. The summed E-state index contributed by atoms with van der Waals surface area (Å²) in [6, 6.07) is 9.04. The number of ketones is 1. The number of benzene rings is 1. The van der Waals surface area contributed by atoms with E-state index in [1.807, 2.05) is 19.1 Å². The number of rotatable bonds is 1. The van der Waals surface area contributed by atoms with Crippen LogP contribution in [0.2, 0.25) is 0 Å². The van der Waals surface area contributed by atoms with Gasteiger partial charge in [-0.3, -0.25) is 9.59 Å². The molecule has 0 fully saturated rings. The lowest BCUT2D eigenvalue weighted by Crippen LogP contribution is -2.23. The molecular formula is C20H16N2O3. The molecule has 2 aromatic heterocycles. The summed E-state index contributed by atoms with van der Waals surface area (Å²) in [4.78, 5) is 29.8. The molecule has 0 saturated carbocycles. The fourth-order valence-electron chi connectivity index (χ4n) is 4.19. The van der Waals surface area contributed by atoms with Gasteiger partial charge < -0.3 is 9.67 Å². The van der Waals surface area contributed by atoms with Gasteiger partial charge in [0, 0.05) is 28.9 Å². The first-order chi connectivity index (χ1) is 12.1. The first-order valence-corrected chi connectivity index (χ1v) is 8.49. The van der Waals surface area contributed by atoms with Crippen molar-refractivity contribution in [3.8, 4) is 17.1 Å². The van der Waals surface area contributed by atoms with Crippen molar-refractivity contribution in [2.45, 2.75) is 32.2 Å². The summed E-state index contributed by atoms with van der Waals surface area (Å²) >= 11 is 0. The number of Topliss-reactive ketones (excluding diaryl/α,β-unsaturated/α-hetero) is 1. The highest BCUT2D eigenvalue weighted by molar-refractivity contribution is 5.93. The highest BCUT2D eigenvalue weighted by atomic mass is 16.3. The van der Waals surface area contributed by atoms with Gasteiger partial charge in [0.2, 0.25) is 0 Å². The molecule has 0 saturated heterocycles. The number of pyridine rings is 2. The highest BCUT2D eigenvalue weighted by Gasteiger charge is 2.35. The number of hydrogen-bond acceptors (Lipinski definition) is 4. The SMILES string of the molecule is CCC1C(=O)Cc2c1cc1n(c2=O)Cc2cc3cc(O)ccc3nc2-1. The van der Waals surface area contributed by atoms with Crippen molar-refractivity contribution in [1.29, 1.82) is 0 Å². The Hall–Kier alpha value is -2.95. The summed E-state index contributed by atoms with van der Waals surface area (Å²) in [5.74, 6) is 0.168. The molecule has 5 heteroatoms. The fraction of sp³-hybridized carbons (Fsp3) is 0.250. The average molecular weight is 332 g/mol. The van der Waals surface area contributed by atoms with E-state index < -0.39 is 0 Å². The third-order valence-corrected chi connectivity index (χ3v) is 5.41. The van der Waals surface area contributed by atoms with Crippen molar-refractivity contribution in [3.63, 3.8) is 0 Å². The predicted molar refractivity (Wildman–Crippen MR) is 93.9 cm³/mol. The van der Waals surface area contributed by atoms with Gasteiger partial charge >= 0.3 is 0 Å². The van der Waals surface area contributed by atoms with Gasteiger partial charge in [0.25, 0.3) is 5.56 Å². The molecule has 1 atom stereocenters. The summed E-state index contributed by atoms with van der Waals surface area (Å²) in [6.07, 6.45) is 0.957. The third kappa shape index (κ3) is 1.86. The monoisotopic (exact) mass is 332 g/mol. The Kier molecular flexibility index (Phi) is 2.76. The second-order valence-corrected chi connectivity index (χ2v) is 6.83. The zero-order chi connectivity index (χ0) is 17.3. The zero-order valence-corrected chi connectivity index (χ0v) is 13.7. The maximum absolute atomic E-state index is 12.9.